The van der Waals surface area contributed by atoms with Crippen LogP contribution in [0.1, 0.15) is 39.2 Å². The second-order valence-corrected chi connectivity index (χ2v) is 6.53. The second kappa shape index (κ2) is 4.47. The Morgan fingerprint density at radius 1 is 1.24 bits per heavy atom. The standard InChI is InChI=1S/C13H19O3P/c1-4-13(5-2)11-9-7-8-10-12(11)16-17(13,14)15-6-3/h7-10H,4-6H2,1-3H3. The van der Waals surface area contributed by atoms with Gasteiger partial charge < -0.3 is 4.52 Å². The van der Waals surface area contributed by atoms with Gasteiger partial charge in [0, 0.05) is 5.56 Å². The molecule has 0 radical (unpaired) electrons. The van der Waals surface area contributed by atoms with Gasteiger partial charge in [0.25, 0.3) is 0 Å². The van der Waals surface area contributed by atoms with E-state index in [9.17, 15) is 4.57 Å². The largest absolute Gasteiger partial charge is 0.423 e. The van der Waals surface area contributed by atoms with E-state index >= 15 is 0 Å². The van der Waals surface area contributed by atoms with Crippen molar-refractivity contribution in [3.05, 3.63) is 29.8 Å². The van der Waals surface area contributed by atoms with Gasteiger partial charge in [-0.05, 0) is 25.8 Å². The highest BCUT2D eigenvalue weighted by Gasteiger charge is 2.57. The van der Waals surface area contributed by atoms with Gasteiger partial charge in [0.1, 0.15) is 10.9 Å². The Kier molecular flexibility index (Phi) is 3.33. The molecular weight excluding hydrogens is 235 g/mol. The van der Waals surface area contributed by atoms with Gasteiger partial charge in [-0.15, -0.1) is 0 Å². The zero-order valence-corrected chi connectivity index (χ0v) is 11.5. The molecule has 1 heterocycles. The number of rotatable bonds is 4. The number of para-hydroxylation sites is 1. The summed E-state index contributed by atoms with van der Waals surface area (Å²) in [5.41, 5.74) is 1.03. The van der Waals surface area contributed by atoms with Crippen LogP contribution >= 0.6 is 7.60 Å². The maximum Gasteiger partial charge on any atom is 0.389 e. The van der Waals surface area contributed by atoms with E-state index in [0.29, 0.717) is 12.4 Å². The highest BCUT2D eigenvalue weighted by Crippen LogP contribution is 2.73. The summed E-state index contributed by atoms with van der Waals surface area (Å²) in [5, 5.41) is -0.473. The molecule has 0 amide bonds. The van der Waals surface area contributed by atoms with Crippen LogP contribution in [0.4, 0.5) is 0 Å². The highest BCUT2D eigenvalue weighted by molar-refractivity contribution is 7.56. The molecule has 1 atom stereocenters. The number of benzene rings is 1. The molecule has 1 aliphatic rings. The van der Waals surface area contributed by atoms with Gasteiger partial charge in [-0.1, -0.05) is 32.0 Å². The molecule has 1 aromatic carbocycles. The van der Waals surface area contributed by atoms with E-state index in [1.165, 1.54) is 0 Å². The van der Waals surface area contributed by atoms with Crippen molar-refractivity contribution in [3.63, 3.8) is 0 Å². The van der Waals surface area contributed by atoms with Crippen LogP contribution in [0.25, 0.3) is 0 Å². The monoisotopic (exact) mass is 254 g/mol. The molecule has 0 aromatic heterocycles. The van der Waals surface area contributed by atoms with Crippen molar-refractivity contribution >= 4 is 7.60 Å². The molecule has 2 rings (SSSR count). The number of hydrogen-bond acceptors (Lipinski definition) is 3. The zero-order valence-electron chi connectivity index (χ0n) is 10.6. The molecule has 0 saturated carbocycles. The lowest BCUT2D eigenvalue weighted by atomic mass is 9.92. The maximum atomic E-state index is 12.9. The third-order valence-electron chi connectivity index (χ3n) is 3.60. The van der Waals surface area contributed by atoms with Gasteiger partial charge in [-0.2, -0.15) is 0 Å². The van der Waals surface area contributed by atoms with Crippen LogP contribution < -0.4 is 4.52 Å². The summed E-state index contributed by atoms with van der Waals surface area (Å²) in [6.07, 6.45) is 1.52. The minimum Gasteiger partial charge on any atom is -0.423 e. The number of fused-ring (bicyclic) bond motifs is 1. The van der Waals surface area contributed by atoms with Gasteiger partial charge >= 0.3 is 7.60 Å². The van der Waals surface area contributed by atoms with E-state index in [1.54, 1.807) is 0 Å². The van der Waals surface area contributed by atoms with Crippen molar-refractivity contribution in [3.8, 4) is 5.75 Å². The van der Waals surface area contributed by atoms with E-state index in [-0.39, 0.29) is 0 Å². The third-order valence-corrected chi connectivity index (χ3v) is 6.56. The van der Waals surface area contributed by atoms with Crippen molar-refractivity contribution in [2.24, 2.45) is 0 Å². The first-order valence-corrected chi connectivity index (χ1v) is 7.71. The molecular formula is C13H19O3P. The van der Waals surface area contributed by atoms with Crippen molar-refractivity contribution in [1.82, 2.24) is 0 Å². The Balaban J connectivity index is 2.59. The summed E-state index contributed by atoms with van der Waals surface area (Å²) in [5.74, 6) is 0.716. The lowest BCUT2D eigenvalue weighted by Crippen LogP contribution is -2.22. The van der Waals surface area contributed by atoms with Crippen LogP contribution in [0, 0.1) is 0 Å². The summed E-state index contributed by atoms with van der Waals surface area (Å²) < 4.78 is 24.1. The molecule has 3 nitrogen and oxygen atoms in total. The summed E-state index contributed by atoms with van der Waals surface area (Å²) in [6, 6.07) is 7.73. The molecule has 94 valence electrons. The molecule has 17 heavy (non-hydrogen) atoms. The fourth-order valence-corrected chi connectivity index (χ4v) is 5.12. The van der Waals surface area contributed by atoms with Gasteiger partial charge in [-0.3, -0.25) is 4.52 Å². The fourth-order valence-electron chi connectivity index (χ4n) is 2.63. The van der Waals surface area contributed by atoms with Crippen molar-refractivity contribution < 1.29 is 13.6 Å². The predicted molar refractivity (Wildman–Crippen MR) is 68.6 cm³/mol. The van der Waals surface area contributed by atoms with Gasteiger partial charge in [0.2, 0.25) is 0 Å². The molecule has 0 N–H and O–H groups in total. The van der Waals surface area contributed by atoms with E-state index in [2.05, 4.69) is 0 Å². The van der Waals surface area contributed by atoms with Gasteiger partial charge in [0.05, 0.1) is 6.61 Å². The Bertz CT molecular complexity index is 452. The van der Waals surface area contributed by atoms with Crippen molar-refractivity contribution in [1.29, 1.82) is 0 Å². The van der Waals surface area contributed by atoms with E-state index in [4.69, 9.17) is 9.05 Å². The van der Waals surface area contributed by atoms with E-state index in [1.807, 2.05) is 45.0 Å². The topological polar surface area (TPSA) is 35.5 Å². The van der Waals surface area contributed by atoms with E-state index < -0.39 is 12.8 Å². The maximum absolute atomic E-state index is 12.9. The molecule has 0 fully saturated rings. The van der Waals surface area contributed by atoms with Gasteiger partial charge in [-0.25, -0.2) is 4.57 Å². The summed E-state index contributed by atoms with van der Waals surface area (Å²) >= 11 is 0. The average molecular weight is 254 g/mol. The minimum absolute atomic E-state index is 0.410. The zero-order chi connectivity index (χ0) is 12.5. The first-order valence-electron chi connectivity index (χ1n) is 6.17. The van der Waals surface area contributed by atoms with Crippen molar-refractivity contribution in [2.75, 3.05) is 6.61 Å². The van der Waals surface area contributed by atoms with Crippen molar-refractivity contribution in [2.45, 2.75) is 38.8 Å². The smallest absolute Gasteiger partial charge is 0.389 e. The average Bonchev–Trinajstić information content (AvgIpc) is 2.58. The van der Waals surface area contributed by atoms with Crippen LogP contribution in [0.2, 0.25) is 0 Å². The fraction of sp³-hybridized carbons (Fsp3) is 0.538. The molecule has 0 saturated heterocycles. The SMILES string of the molecule is CCOP1(=O)Oc2ccccc2C1(CC)CC. The lowest BCUT2D eigenvalue weighted by molar-refractivity contribution is 0.260. The number of hydrogen-bond donors (Lipinski definition) is 0. The quantitative estimate of drug-likeness (QED) is 0.750. The van der Waals surface area contributed by atoms with Gasteiger partial charge in [0.15, 0.2) is 0 Å². The molecule has 0 bridgehead atoms. The van der Waals surface area contributed by atoms with Crippen LogP contribution in [0.5, 0.6) is 5.75 Å². The predicted octanol–water partition coefficient (Wildman–Crippen LogP) is 4.32. The van der Waals surface area contributed by atoms with Crippen LogP contribution in [0.3, 0.4) is 0 Å². The first-order chi connectivity index (χ1) is 8.13. The first kappa shape index (κ1) is 12.7. The highest BCUT2D eigenvalue weighted by atomic mass is 31.2. The Labute approximate surface area is 103 Å². The molecule has 0 aliphatic carbocycles. The minimum atomic E-state index is -3.09. The van der Waals surface area contributed by atoms with Crippen LogP contribution in [0.15, 0.2) is 24.3 Å². The second-order valence-electron chi connectivity index (χ2n) is 4.24. The molecule has 1 aromatic rings. The van der Waals surface area contributed by atoms with E-state index in [0.717, 1.165) is 18.4 Å². The summed E-state index contributed by atoms with van der Waals surface area (Å²) in [6.45, 7) is 6.34. The Morgan fingerprint density at radius 3 is 2.47 bits per heavy atom. The molecule has 4 heteroatoms. The third kappa shape index (κ3) is 1.64. The molecule has 0 spiro atoms. The summed E-state index contributed by atoms with van der Waals surface area (Å²) in [4.78, 5) is 0. The molecule has 1 unspecified atom stereocenters. The van der Waals surface area contributed by atoms with Crippen LogP contribution in [-0.4, -0.2) is 6.61 Å². The molecule has 1 aliphatic heterocycles. The Morgan fingerprint density at radius 2 is 1.88 bits per heavy atom. The summed E-state index contributed by atoms with van der Waals surface area (Å²) in [7, 11) is -3.09. The van der Waals surface area contributed by atoms with Crippen LogP contribution in [-0.2, 0) is 14.2 Å². The Hall–Kier alpha value is -0.790. The normalized spacial score (nSPS) is 25.4. The lowest BCUT2D eigenvalue weighted by Gasteiger charge is -2.30.